The number of benzene rings is 2. The van der Waals surface area contributed by atoms with Gasteiger partial charge in [-0.3, -0.25) is 9.59 Å². The van der Waals surface area contributed by atoms with Crippen molar-refractivity contribution in [3.8, 4) is 5.75 Å². The zero-order chi connectivity index (χ0) is 23.0. The number of rotatable bonds is 10. The van der Waals surface area contributed by atoms with Crippen molar-refractivity contribution in [3.63, 3.8) is 0 Å². The molecular formula is C25H33ClN2O3. The topological polar surface area (TPSA) is 58.6 Å². The molecule has 2 rings (SSSR count). The van der Waals surface area contributed by atoms with E-state index in [0.29, 0.717) is 17.2 Å². The Balaban J connectivity index is 2.27. The first-order valence-electron chi connectivity index (χ1n) is 10.8. The quantitative estimate of drug-likeness (QED) is 0.549. The maximum atomic E-state index is 13.3. The molecule has 6 heteroatoms. The van der Waals surface area contributed by atoms with Crippen LogP contribution in [-0.4, -0.2) is 35.4 Å². The standard InChI is InChI=1S/C25H33ClN2O3/c1-6-22(25(30)27-18(4)5)28(15-19-11-7-9-13-21(19)26)24(29)16-31-23-14-10-8-12-20(23)17(2)3/h7-14,17-18,22H,6,15-16H2,1-5H3,(H,27,30)/t22-/m1/s1. The van der Waals surface area contributed by atoms with E-state index in [1.165, 1.54) is 0 Å². The lowest BCUT2D eigenvalue weighted by Gasteiger charge is -2.31. The Bertz CT molecular complexity index is 883. The molecule has 0 aliphatic heterocycles. The number of ether oxygens (including phenoxy) is 1. The predicted molar refractivity (Wildman–Crippen MR) is 125 cm³/mol. The Labute approximate surface area is 190 Å². The summed E-state index contributed by atoms with van der Waals surface area (Å²) in [6, 6.07) is 14.4. The zero-order valence-corrected chi connectivity index (χ0v) is 19.8. The number of hydrogen-bond donors (Lipinski definition) is 1. The fraction of sp³-hybridized carbons (Fsp3) is 0.440. The molecule has 2 aromatic carbocycles. The number of halogens is 1. The number of carbonyl (C=O) groups is 2. The summed E-state index contributed by atoms with van der Waals surface area (Å²) >= 11 is 6.34. The molecule has 0 aromatic heterocycles. The van der Waals surface area contributed by atoms with E-state index in [4.69, 9.17) is 16.3 Å². The van der Waals surface area contributed by atoms with Crippen LogP contribution in [0, 0.1) is 0 Å². The molecule has 1 N–H and O–H groups in total. The van der Waals surface area contributed by atoms with Gasteiger partial charge in [-0.25, -0.2) is 0 Å². The maximum Gasteiger partial charge on any atom is 0.261 e. The highest BCUT2D eigenvalue weighted by Gasteiger charge is 2.29. The Morgan fingerprint density at radius 3 is 2.29 bits per heavy atom. The molecule has 2 aromatic rings. The number of carbonyl (C=O) groups excluding carboxylic acids is 2. The number of amides is 2. The first-order chi connectivity index (χ1) is 14.7. The number of para-hydroxylation sites is 1. The largest absolute Gasteiger partial charge is 0.483 e. The minimum absolute atomic E-state index is 0.0204. The normalized spacial score (nSPS) is 12.0. The van der Waals surface area contributed by atoms with Gasteiger partial charge in [-0.15, -0.1) is 0 Å². The van der Waals surface area contributed by atoms with Crippen molar-refractivity contribution in [1.82, 2.24) is 10.2 Å². The molecule has 0 aliphatic carbocycles. The molecule has 5 nitrogen and oxygen atoms in total. The second-order valence-corrected chi connectivity index (χ2v) is 8.59. The van der Waals surface area contributed by atoms with Crippen molar-refractivity contribution in [3.05, 3.63) is 64.7 Å². The van der Waals surface area contributed by atoms with E-state index in [1.807, 2.05) is 63.2 Å². The van der Waals surface area contributed by atoms with E-state index in [2.05, 4.69) is 19.2 Å². The van der Waals surface area contributed by atoms with Crippen LogP contribution in [0.2, 0.25) is 5.02 Å². The van der Waals surface area contributed by atoms with Gasteiger partial charge in [-0.1, -0.05) is 68.8 Å². The van der Waals surface area contributed by atoms with Crippen LogP contribution in [0.5, 0.6) is 5.75 Å². The fourth-order valence-electron chi connectivity index (χ4n) is 3.42. The van der Waals surface area contributed by atoms with Crippen molar-refractivity contribution < 1.29 is 14.3 Å². The Kier molecular flexibility index (Phi) is 9.38. The zero-order valence-electron chi connectivity index (χ0n) is 19.0. The van der Waals surface area contributed by atoms with Gasteiger partial charge in [0.2, 0.25) is 5.91 Å². The van der Waals surface area contributed by atoms with Crippen LogP contribution in [0.3, 0.4) is 0 Å². The van der Waals surface area contributed by atoms with Crippen LogP contribution in [0.25, 0.3) is 0 Å². The second-order valence-electron chi connectivity index (χ2n) is 8.18. The van der Waals surface area contributed by atoms with Crippen molar-refractivity contribution >= 4 is 23.4 Å². The lowest BCUT2D eigenvalue weighted by atomic mass is 10.0. The number of nitrogens with one attached hydrogen (secondary N) is 1. The first kappa shape index (κ1) is 24.7. The van der Waals surface area contributed by atoms with Crippen molar-refractivity contribution in [1.29, 1.82) is 0 Å². The summed E-state index contributed by atoms with van der Waals surface area (Å²) in [6.45, 7) is 9.94. The van der Waals surface area contributed by atoms with Gasteiger partial charge in [0.1, 0.15) is 11.8 Å². The van der Waals surface area contributed by atoms with E-state index < -0.39 is 6.04 Å². The van der Waals surface area contributed by atoms with Crippen molar-refractivity contribution in [2.45, 2.75) is 65.6 Å². The van der Waals surface area contributed by atoms with Gasteiger partial charge >= 0.3 is 0 Å². The molecule has 2 amide bonds. The molecule has 31 heavy (non-hydrogen) atoms. The number of hydrogen-bond acceptors (Lipinski definition) is 3. The lowest BCUT2D eigenvalue weighted by molar-refractivity contribution is -0.143. The van der Waals surface area contributed by atoms with Gasteiger partial charge in [0, 0.05) is 17.6 Å². The molecule has 0 radical (unpaired) electrons. The fourth-order valence-corrected chi connectivity index (χ4v) is 3.62. The molecule has 0 fully saturated rings. The average molecular weight is 445 g/mol. The molecule has 168 valence electrons. The highest BCUT2D eigenvalue weighted by atomic mass is 35.5. The summed E-state index contributed by atoms with van der Waals surface area (Å²) in [7, 11) is 0. The van der Waals surface area contributed by atoms with E-state index in [1.54, 1.807) is 11.0 Å². The third-order valence-corrected chi connectivity index (χ3v) is 5.38. The van der Waals surface area contributed by atoms with E-state index >= 15 is 0 Å². The summed E-state index contributed by atoms with van der Waals surface area (Å²) in [6.07, 6.45) is 0.483. The summed E-state index contributed by atoms with van der Waals surface area (Å²) in [5.41, 5.74) is 1.83. The summed E-state index contributed by atoms with van der Waals surface area (Å²) in [4.78, 5) is 27.7. The van der Waals surface area contributed by atoms with Crippen LogP contribution in [0.15, 0.2) is 48.5 Å². The Morgan fingerprint density at radius 1 is 1.03 bits per heavy atom. The van der Waals surface area contributed by atoms with Crippen LogP contribution in [-0.2, 0) is 16.1 Å². The molecule has 0 heterocycles. The smallest absolute Gasteiger partial charge is 0.261 e. The monoisotopic (exact) mass is 444 g/mol. The molecule has 0 saturated carbocycles. The first-order valence-corrected chi connectivity index (χ1v) is 11.2. The van der Waals surface area contributed by atoms with Gasteiger partial charge in [0.15, 0.2) is 6.61 Å². The maximum absolute atomic E-state index is 13.3. The summed E-state index contributed by atoms with van der Waals surface area (Å²) < 4.78 is 5.91. The second kappa shape index (κ2) is 11.8. The lowest BCUT2D eigenvalue weighted by Crippen LogP contribution is -2.51. The van der Waals surface area contributed by atoms with Gasteiger partial charge in [0.05, 0.1) is 0 Å². The van der Waals surface area contributed by atoms with Gasteiger partial charge < -0.3 is 15.0 Å². The van der Waals surface area contributed by atoms with E-state index in [-0.39, 0.29) is 36.9 Å². The van der Waals surface area contributed by atoms with Crippen molar-refractivity contribution in [2.75, 3.05) is 6.61 Å². The summed E-state index contributed by atoms with van der Waals surface area (Å²) in [5, 5.41) is 3.48. The molecular weight excluding hydrogens is 412 g/mol. The van der Waals surface area contributed by atoms with Crippen molar-refractivity contribution in [2.24, 2.45) is 0 Å². The number of nitrogens with zero attached hydrogens (tertiary/aromatic N) is 1. The van der Waals surface area contributed by atoms with Crippen LogP contribution in [0.1, 0.15) is 58.1 Å². The molecule has 0 spiro atoms. The van der Waals surface area contributed by atoms with Gasteiger partial charge in [-0.05, 0) is 49.4 Å². The molecule has 0 bridgehead atoms. The minimum Gasteiger partial charge on any atom is -0.483 e. The average Bonchev–Trinajstić information content (AvgIpc) is 2.72. The Hall–Kier alpha value is -2.53. The molecule has 0 saturated heterocycles. The van der Waals surface area contributed by atoms with Gasteiger partial charge in [0.25, 0.3) is 5.91 Å². The molecule has 1 atom stereocenters. The minimum atomic E-state index is -0.616. The highest BCUT2D eigenvalue weighted by Crippen LogP contribution is 2.26. The Morgan fingerprint density at radius 2 is 1.68 bits per heavy atom. The SMILES string of the molecule is CC[C@H](C(=O)NC(C)C)N(Cc1ccccc1Cl)C(=O)COc1ccccc1C(C)C. The molecule has 0 unspecified atom stereocenters. The third kappa shape index (κ3) is 7.00. The summed E-state index contributed by atoms with van der Waals surface area (Å²) in [5.74, 6) is 0.513. The van der Waals surface area contributed by atoms with E-state index in [0.717, 1.165) is 11.1 Å². The third-order valence-electron chi connectivity index (χ3n) is 5.01. The van der Waals surface area contributed by atoms with Crippen LogP contribution >= 0.6 is 11.6 Å². The highest BCUT2D eigenvalue weighted by molar-refractivity contribution is 6.31. The molecule has 0 aliphatic rings. The van der Waals surface area contributed by atoms with Crippen LogP contribution in [0.4, 0.5) is 0 Å². The van der Waals surface area contributed by atoms with Crippen LogP contribution < -0.4 is 10.1 Å². The van der Waals surface area contributed by atoms with E-state index in [9.17, 15) is 9.59 Å². The predicted octanol–water partition coefficient (Wildman–Crippen LogP) is 5.17. The van der Waals surface area contributed by atoms with Gasteiger partial charge in [-0.2, -0.15) is 0 Å².